The normalized spacial score (nSPS) is 12.8. The molecule has 1 aromatic carbocycles. The molecule has 5 nitrogen and oxygen atoms in total. The van der Waals surface area contributed by atoms with Crippen LogP contribution < -0.4 is 5.32 Å². The Labute approximate surface area is 151 Å². The van der Waals surface area contributed by atoms with Crippen LogP contribution in [0.3, 0.4) is 0 Å². The van der Waals surface area contributed by atoms with Crippen LogP contribution in [0.5, 0.6) is 0 Å². The molecular formula is C18H23BrN4O. The Hall–Kier alpha value is -1.92. The Kier molecular flexibility index (Phi) is 7.21. The van der Waals surface area contributed by atoms with Gasteiger partial charge in [-0.3, -0.25) is 9.98 Å². The molecule has 0 saturated carbocycles. The highest BCUT2D eigenvalue weighted by Crippen LogP contribution is 2.17. The van der Waals surface area contributed by atoms with Crippen LogP contribution in [0, 0.1) is 0 Å². The Morgan fingerprint density at radius 1 is 1.29 bits per heavy atom. The molecule has 0 bridgehead atoms. The molecule has 0 amide bonds. The minimum absolute atomic E-state index is 0.298. The van der Waals surface area contributed by atoms with E-state index in [4.69, 9.17) is 0 Å². The van der Waals surface area contributed by atoms with Gasteiger partial charge in [0.15, 0.2) is 5.96 Å². The fraction of sp³-hybridized carbons (Fsp3) is 0.333. The van der Waals surface area contributed by atoms with E-state index < -0.39 is 6.10 Å². The second kappa shape index (κ2) is 9.39. The van der Waals surface area contributed by atoms with Crippen molar-refractivity contribution in [2.24, 2.45) is 4.99 Å². The first kappa shape index (κ1) is 18.4. The van der Waals surface area contributed by atoms with Crippen molar-refractivity contribution >= 4 is 21.9 Å². The molecule has 2 aromatic rings. The number of aromatic nitrogens is 1. The maximum atomic E-state index is 10.3. The molecule has 6 heteroatoms. The van der Waals surface area contributed by atoms with Crippen molar-refractivity contribution in [2.45, 2.75) is 19.6 Å². The Balaban J connectivity index is 2.05. The van der Waals surface area contributed by atoms with Crippen molar-refractivity contribution in [3.63, 3.8) is 0 Å². The second-order valence-electron chi connectivity index (χ2n) is 5.44. The summed E-state index contributed by atoms with van der Waals surface area (Å²) in [6.07, 6.45) is 2.71. The van der Waals surface area contributed by atoms with E-state index in [9.17, 15) is 5.11 Å². The lowest BCUT2D eigenvalue weighted by Gasteiger charge is -2.23. The van der Waals surface area contributed by atoms with Gasteiger partial charge in [0, 0.05) is 37.0 Å². The van der Waals surface area contributed by atoms with Crippen molar-refractivity contribution in [1.82, 2.24) is 15.2 Å². The smallest absolute Gasteiger partial charge is 0.194 e. The molecule has 0 fully saturated rings. The average molecular weight is 391 g/mol. The molecule has 0 aliphatic rings. The lowest BCUT2D eigenvalue weighted by molar-refractivity contribution is 0.186. The summed E-state index contributed by atoms with van der Waals surface area (Å²) < 4.78 is 1.07. The summed E-state index contributed by atoms with van der Waals surface area (Å²) >= 11 is 3.57. The van der Waals surface area contributed by atoms with Gasteiger partial charge >= 0.3 is 0 Å². The molecule has 0 aliphatic carbocycles. The highest BCUT2D eigenvalue weighted by Gasteiger charge is 2.11. The zero-order chi connectivity index (χ0) is 17.4. The summed E-state index contributed by atoms with van der Waals surface area (Å²) in [5.74, 6) is 0.765. The van der Waals surface area contributed by atoms with Gasteiger partial charge in [-0.15, -0.1) is 0 Å². The minimum Gasteiger partial charge on any atom is -0.386 e. The first-order chi connectivity index (χ1) is 11.6. The third-order valence-electron chi connectivity index (χ3n) is 3.57. The fourth-order valence-electron chi connectivity index (χ4n) is 2.29. The lowest BCUT2D eigenvalue weighted by Crippen LogP contribution is -2.38. The number of rotatable bonds is 6. The van der Waals surface area contributed by atoms with Crippen LogP contribution in [0.2, 0.25) is 0 Å². The van der Waals surface area contributed by atoms with Crippen LogP contribution in [0.4, 0.5) is 0 Å². The van der Waals surface area contributed by atoms with E-state index in [1.54, 1.807) is 24.5 Å². The average Bonchev–Trinajstić information content (AvgIpc) is 2.61. The van der Waals surface area contributed by atoms with Crippen molar-refractivity contribution in [2.75, 3.05) is 20.1 Å². The molecule has 1 heterocycles. The zero-order valence-corrected chi connectivity index (χ0v) is 15.6. The van der Waals surface area contributed by atoms with Gasteiger partial charge in [-0.25, -0.2) is 0 Å². The van der Waals surface area contributed by atoms with E-state index in [2.05, 4.69) is 37.3 Å². The summed E-state index contributed by atoms with van der Waals surface area (Å²) in [5, 5.41) is 13.5. The Bertz CT molecular complexity index is 663. The Morgan fingerprint density at radius 3 is 2.67 bits per heavy atom. The van der Waals surface area contributed by atoms with Crippen molar-refractivity contribution in [3.8, 4) is 0 Å². The SMILES string of the molecule is CCNC(=NCC(O)c1ccncc1)N(C)Cc1ccccc1Br. The predicted octanol–water partition coefficient (Wildman–Crippen LogP) is 2.98. The van der Waals surface area contributed by atoms with Crippen LogP contribution in [-0.4, -0.2) is 41.1 Å². The Morgan fingerprint density at radius 2 is 2.00 bits per heavy atom. The van der Waals surface area contributed by atoms with Gasteiger partial charge in [-0.05, 0) is 36.2 Å². The van der Waals surface area contributed by atoms with Gasteiger partial charge in [0.25, 0.3) is 0 Å². The summed E-state index contributed by atoms with van der Waals surface area (Å²) in [4.78, 5) is 10.6. The first-order valence-electron chi connectivity index (χ1n) is 7.92. The number of nitrogens with one attached hydrogen (secondary N) is 1. The highest BCUT2D eigenvalue weighted by atomic mass is 79.9. The van der Waals surface area contributed by atoms with Gasteiger partial charge in [-0.1, -0.05) is 34.1 Å². The molecule has 1 unspecified atom stereocenters. The standard InChI is InChI=1S/C18H23BrN4O/c1-3-21-18(22-12-17(24)14-8-10-20-11-9-14)23(2)13-15-6-4-5-7-16(15)19/h4-11,17,24H,3,12-13H2,1-2H3,(H,21,22). The van der Waals surface area contributed by atoms with Gasteiger partial charge in [0.1, 0.15) is 0 Å². The minimum atomic E-state index is -0.640. The van der Waals surface area contributed by atoms with Crippen molar-refractivity contribution in [3.05, 3.63) is 64.4 Å². The van der Waals surface area contributed by atoms with E-state index in [0.717, 1.165) is 29.1 Å². The van der Waals surface area contributed by atoms with E-state index in [0.29, 0.717) is 6.54 Å². The molecule has 2 rings (SSSR count). The number of hydrogen-bond donors (Lipinski definition) is 2. The van der Waals surface area contributed by atoms with Crippen LogP contribution in [-0.2, 0) is 6.54 Å². The molecule has 24 heavy (non-hydrogen) atoms. The zero-order valence-electron chi connectivity index (χ0n) is 14.0. The van der Waals surface area contributed by atoms with Gasteiger partial charge in [0.2, 0.25) is 0 Å². The monoisotopic (exact) mass is 390 g/mol. The molecule has 128 valence electrons. The van der Waals surface area contributed by atoms with Crippen molar-refractivity contribution in [1.29, 1.82) is 0 Å². The molecule has 0 aliphatic heterocycles. The fourth-order valence-corrected chi connectivity index (χ4v) is 2.70. The maximum Gasteiger partial charge on any atom is 0.194 e. The number of pyridine rings is 1. The van der Waals surface area contributed by atoms with Gasteiger partial charge in [-0.2, -0.15) is 0 Å². The highest BCUT2D eigenvalue weighted by molar-refractivity contribution is 9.10. The number of hydrogen-bond acceptors (Lipinski definition) is 3. The van der Waals surface area contributed by atoms with E-state index >= 15 is 0 Å². The molecular weight excluding hydrogens is 368 g/mol. The summed E-state index contributed by atoms with van der Waals surface area (Å²) in [7, 11) is 1.99. The van der Waals surface area contributed by atoms with E-state index in [-0.39, 0.29) is 0 Å². The number of nitrogens with zero attached hydrogens (tertiary/aromatic N) is 3. The number of aliphatic hydroxyl groups is 1. The lowest BCUT2D eigenvalue weighted by atomic mass is 10.1. The van der Waals surface area contributed by atoms with Crippen molar-refractivity contribution < 1.29 is 5.11 Å². The molecule has 0 spiro atoms. The number of halogens is 1. The first-order valence-corrected chi connectivity index (χ1v) is 8.72. The summed E-state index contributed by atoms with van der Waals surface area (Å²) in [5.41, 5.74) is 2.00. The number of aliphatic imine (C=N–C) groups is 1. The summed E-state index contributed by atoms with van der Waals surface area (Å²) in [6, 6.07) is 11.7. The van der Waals surface area contributed by atoms with Crippen LogP contribution in [0.1, 0.15) is 24.2 Å². The second-order valence-corrected chi connectivity index (χ2v) is 6.29. The topological polar surface area (TPSA) is 60.8 Å². The molecule has 0 radical (unpaired) electrons. The predicted molar refractivity (Wildman–Crippen MR) is 101 cm³/mol. The molecule has 0 saturated heterocycles. The molecule has 2 N–H and O–H groups in total. The quantitative estimate of drug-likeness (QED) is 0.587. The summed E-state index contributed by atoms with van der Waals surface area (Å²) in [6.45, 7) is 3.82. The number of guanidine groups is 1. The molecule has 1 aromatic heterocycles. The third-order valence-corrected chi connectivity index (χ3v) is 4.34. The third kappa shape index (κ3) is 5.32. The van der Waals surface area contributed by atoms with E-state index in [1.807, 2.05) is 37.1 Å². The maximum absolute atomic E-state index is 10.3. The van der Waals surface area contributed by atoms with Gasteiger partial charge < -0.3 is 15.3 Å². The molecule has 1 atom stereocenters. The largest absolute Gasteiger partial charge is 0.386 e. The number of benzene rings is 1. The van der Waals surface area contributed by atoms with Crippen LogP contribution in [0.25, 0.3) is 0 Å². The van der Waals surface area contributed by atoms with E-state index in [1.165, 1.54) is 5.56 Å². The van der Waals surface area contributed by atoms with Crippen LogP contribution in [0.15, 0.2) is 58.3 Å². The van der Waals surface area contributed by atoms with Gasteiger partial charge in [0.05, 0.1) is 12.6 Å². The van der Waals surface area contributed by atoms with Crippen LogP contribution >= 0.6 is 15.9 Å². The number of aliphatic hydroxyl groups excluding tert-OH is 1.